The Morgan fingerprint density at radius 2 is 1.12 bits per heavy atom. The second-order valence-electron chi connectivity index (χ2n) is 13.9. The van der Waals surface area contributed by atoms with E-state index in [9.17, 15) is 5.11 Å². The highest BCUT2D eigenvalue weighted by Gasteiger charge is 2.39. The Kier molecular flexibility index (Phi) is 6.11. The van der Waals surface area contributed by atoms with E-state index < -0.39 is 17.8 Å². The van der Waals surface area contributed by atoms with E-state index in [1.54, 1.807) is 0 Å². The molecule has 0 bridgehead atoms. The predicted octanol–water partition coefficient (Wildman–Crippen LogP) is 10.8. The minimum Gasteiger partial charge on any atom is -0.508 e. The number of hydrogen-bond donors (Lipinski definition) is 1. The summed E-state index contributed by atoms with van der Waals surface area (Å²) in [6.07, 6.45) is 0. The van der Waals surface area contributed by atoms with Gasteiger partial charge in [0.15, 0.2) is 0 Å². The van der Waals surface area contributed by atoms with E-state index in [-0.39, 0.29) is 29.8 Å². The lowest BCUT2D eigenvalue weighted by atomic mass is 9.36. The van der Waals surface area contributed by atoms with Gasteiger partial charge in [0.25, 0.3) is 0 Å². The summed E-state index contributed by atoms with van der Waals surface area (Å²) < 4.78 is 34.5. The van der Waals surface area contributed by atoms with Crippen LogP contribution in [0.2, 0.25) is 0 Å². The smallest absolute Gasteiger partial charge is 0.247 e. The van der Waals surface area contributed by atoms with Crippen LogP contribution in [-0.2, 0) is 5.41 Å². The molecule has 10 rings (SSSR count). The van der Waals surface area contributed by atoms with Gasteiger partial charge in [-0.15, -0.1) is 0 Å². The zero-order chi connectivity index (χ0) is 37.7. The first-order valence-electron chi connectivity index (χ1n) is 19.2. The third-order valence-electron chi connectivity index (χ3n) is 10.7. The summed E-state index contributed by atoms with van der Waals surface area (Å²) in [5, 5.41) is 14.3. The Bertz CT molecular complexity index is 2830. The molecular formula is C47H33BOS2. The average molecular weight is 693 g/mol. The van der Waals surface area contributed by atoms with Crippen molar-refractivity contribution in [2.45, 2.75) is 38.8 Å². The number of rotatable bonds is 4. The van der Waals surface area contributed by atoms with Crippen molar-refractivity contribution in [1.82, 2.24) is 0 Å². The van der Waals surface area contributed by atoms with Gasteiger partial charge >= 0.3 is 0 Å². The monoisotopic (exact) mass is 692 g/mol. The largest absolute Gasteiger partial charge is 0.508 e. The lowest BCUT2D eigenvalue weighted by molar-refractivity contribution is 0.475. The number of fused-ring (bicyclic) bond motifs is 6. The Hall–Kier alpha value is -5.16. The summed E-state index contributed by atoms with van der Waals surface area (Å²) in [4.78, 5) is 4.98. The summed E-state index contributed by atoms with van der Waals surface area (Å²) in [6, 6.07) is 46.0. The van der Waals surface area contributed by atoms with Crippen molar-refractivity contribution in [3.05, 3.63) is 169 Å². The first-order valence-corrected chi connectivity index (χ1v) is 18.8. The van der Waals surface area contributed by atoms with Crippen molar-refractivity contribution >= 4 is 68.2 Å². The average Bonchev–Trinajstić information content (AvgIpc) is 3.21. The second-order valence-corrected chi connectivity index (χ2v) is 16.0. The molecule has 0 spiro atoms. The zero-order valence-electron chi connectivity index (χ0n) is 32.0. The van der Waals surface area contributed by atoms with Crippen LogP contribution in [0.3, 0.4) is 0 Å². The molecule has 0 aliphatic carbocycles. The molecule has 8 aromatic carbocycles. The molecule has 0 saturated heterocycles. The SMILES string of the molecule is [2H]c1c([2H])c(O)c([2H])c(-c2c3ccccc3c(-c3cc4c5c(c3)Sc3ccc(C(C)(C)c6ccccc6)cc3B5c3ccccc3S4)c3ccccc23)c1[2H]. The fourth-order valence-electron chi connectivity index (χ4n) is 8.17. The molecule has 0 saturated carbocycles. The van der Waals surface area contributed by atoms with E-state index in [2.05, 4.69) is 111 Å². The van der Waals surface area contributed by atoms with Crippen LogP contribution in [0.5, 0.6) is 5.75 Å². The van der Waals surface area contributed by atoms with Crippen molar-refractivity contribution in [3.8, 4) is 28.0 Å². The molecule has 0 aromatic heterocycles. The highest BCUT2D eigenvalue weighted by Crippen LogP contribution is 2.47. The summed E-state index contributed by atoms with van der Waals surface area (Å²) in [5.41, 5.74) is 9.35. The minimum absolute atomic E-state index is 0.0906. The minimum atomic E-state index is -0.582. The summed E-state index contributed by atoms with van der Waals surface area (Å²) in [6.45, 7) is 4.71. The van der Waals surface area contributed by atoms with E-state index in [0.29, 0.717) is 5.56 Å². The highest BCUT2D eigenvalue weighted by atomic mass is 32.2. The van der Waals surface area contributed by atoms with Gasteiger partial charge < -0.3 is 5.11 Å². The third kappa shape index (κ3) is 4.81. The van der Waals surface area contributed by atoms with Crippen LogP contribution in [0.1, 0.15) is 30.5 Å². The fourth-order valence-corrected chi connectivity index (χ4v) is 10.6. The summed E-state index contributed by atoms with van der Waals surface area (Å²) in [7, 11) is 0. The van der Waals surface area contributed by atoms with Gasteiger partial charge in [0.1, 0.15) is 5.75 Å². The topological polar surface area (TPSA) is 20.2 Å². The molecule has 2 aliphatic rings. The van der Waals surface area contributed by atoms with E-state index in [1.807, 2.05) is 59.9 Å². The molecule has 242 valence electrons. The van der Waals surface area contributed by atoms with Crippen LogP contribution in [-0.4, -0.2) is 11.8 Å². The van der Waals surface area contributed by atoms with Crippen LogP contribution >= 0.6 is 23.5 Å². The van der Waals surface area contributed by atoms with E-state index in [0.717, 1.165) is 32.7 Å². The quantitative estimate of drug-likeness (QED) is 0.146. The van der Waals surface area contributed by atoms with Crippen molar-refractivity contribution in [2.75, 3.05) is 0 Å². The standard InChI is InChI=1S/C47H33BOS2/c1-47(2,31-14-4-3-5-15-31)32-23-24-41-39(28-32)48-38-21-10-11-22-40(38)50-42-26-30(27-43(51-41)46(42)48)45-36-19-8-6-17-34(36)44(29-13-12-16-33(49)25-29)35-18-7-9-20-37(35)45/h3-28,49H,1-2H3/i12D,13D,16D,25D. The molecule has 0 radical (unpaired) electrons. The third-order valence-corrected chi connectivity index (χ3v) is 13.0. The normalized spacial score (nSPS) is 14.3. The molecular weight excluding hydrogens is 655 g/mol. The van der Waals surface area contributed by atoms with Gasteiger partial charge in [0, 0.05) is 25.0 Å². The van der Waals surface area contributed by atoms with Gasteiger partial charge in [-0.2, -0.15) is 0 Å². The highest BCUT2D eigenvalue weighted by molar-refractivity contribution is 8.01. The van der Waals surface area contributed by atoms with Gasteiger partial charge in [-0.25, -0.2) is 0 Å². The molecule has 51 heavy (non-hydrogen) atoms. The van der Waals surface area contributed by atoms with Crippen LogP contribution in [0.4, 0.5) is 0 Å². The molecule has 0 amide bonds. The number of benzene rings is 8. The lowest BCUT2D eigenvalue weighted by Gasteiger charge is -2.35. The van der Waals surface area contributed by atoms with Gasteiger partial charge in [-0.1, -0.05) is 170 Å². The Labute approximate surface area is 313 Å². The van der Waals surface area contributed by atoms with Crippen molar-refractivity contribution < 1.29 is 10.6 Å². The van der Waals surface area contributed by atoms with Crippen LogP contribution in [0, 0.1) is 0 Å². The molecule has 0 fully saturated rings. The lowest BCUT2D eigenvalue weighted by Crippen LogP contribution is -2.58. The molecule has 4 heteroatoms. The molecule has 0 unspecified atom stereocenters. The van der Waals surface area contributed by atoms with Crippen molar-refractivity contribution in [1.29, 1.82) is 0 Å². The Balaban J connectivity index is 1.22. The fraction of sp³-hybridized carbons (Fsp3) is 0.0638. The molecule has 2 heterocycles. The maximum absolute atomic E-state index is 10.8. The molecule has 1 N–H and O–H groups in total. The first-order chi connectivity index (χ1) is 26.6. The zero-order valence-corrected chi connectivity index (χ0v) is 29.7. The molecule has 2 aliphatic heterocycles. The Morgan fingerprint density at radius 1 is 0.549 bits per heavy atom. The van der Waals surface area contributed by atoms with Crippen LogP contribution in [0.25, 0.3) is 43.8 Å². The number of hydrogen-bond acceptors (Lipinski definition) is 3. The molecule has 8 aromatic rings. The predicted molar refractivity (Wildman–Crippen MR) is 218 cm³/mol. The molecule has 1 nitrogen and oxygen atoms in total. The van der Waals surface area contributed by atoms with Gasteiger partial charge in [0.2, 0.25) is 6.71 Å². The Morgan fingerprint density at radius 3 is 1.78 bits per heavy atom. The number of phenols is 1. The van der Waals surface area contributed by atoms with E-state index in [1.165, 1.54) is 47.1 Å². The number of aromatic hydroxyl groups is 1. The summed E-state index contributed by atoms with van der Waals surface area (Å²) in [5.74, 6) is -0.582. The second kappa shape index (κ2) is 11.7. The van der Waals surface area contributed by atoms with Crippen molar-refractivity contribution in [3.63, 3.8) is 0 Å². The van der Waals surface area contributed by atoms with Gasteiger partial charge in [0.05, 0.1) is 5.48 Å². The molecule has 0 atom stereocenters. The van der Waals surface area contributed by atoms with E-state index >= 15 is 0 Å². The van der Waals surface area contributed by atoms with Crippen LogP contribution < -0.4 is 16.4 Å². The maximum Gasteiger partial charge on any atom is 0.247 e. The first kappa shape index (κ1) is 26.6. The van der Waals surface area contributed by atoms with Gasteiger partial charge in [-0.3, -0.25) is 0 Å². The van der Waals surface area contributed by atoms with Crippen molar-refractivity contribution in [2.24, 2.45) is 0 Å². The van der Waals surface area contributed by atoms with E-state index in [4.69, 9.17) is 5.48 Å². The number of phenolic OH excluding ortho intramolecular Hbond substituents is 1. The van der Waals surface area contributed by atoms with Gasteiger partial charge in [-0.05, 0) is 96.7 Å². The maximum atomic E-state index is 10.8. The van der Waals surface area contributed by atoms with Crippen LogP contribution in [0.15, 0.2) is 177 Å². The summed E-state index contributed by atoms with van der Waals surface area (Å²) >= 11 is 3.67.